The molecule has 0 fully saturated rings. The Morgan fingerprint density at radius 3 is 2.38 bits per heavy atom. The summed E-state index contributed by atoms with van der Waals surface area (Å²) >= 11 is 0. The lowest BCUT2D eigenvalue weighted by Crippen LogP contribution is -2.39. The highest BCUT2D eigenvalue weighted by Gasteiger charge is 2.17. The van der Waals surface area contributed by atoms with Gasteiger partial charge in [0.1, 0.15) is 17.5 Å². The maximum Gasteiger partial charge on any atom is 0.239 e. The Kier molecular flexibility index (Phi) is 5.90. The first kappa shape index (κ1) is 17.2. The molecular formula is C14H26N6O. The molecule has 1 amide bonds. The van der Waals surface area contributed by atoms with Crippen LogP contribution in [0.15, 0.2) is 0 Å². The molecule has 1 aromatic rings. The number of hydrogen-bond acceptors (Lipinski definition) is 6. The van der Waals surface area contributed by atoms with Crippen molar-refractivity contribution in [3.05, 3.63) is 11.4 Å². The molecule has 1 heterocycles. The fourth-order valence-corrected chi connectivity index (χ4v) is 1.95. The van der Waals surface area contributed by atoms with Gasteiger partial charge in [-0.3, -0.25) is 4.79 Å². The third kappa shape index (κ3) is 4.56. The van der Waals surface area contributed by atoms with Gasteiger partial charge in [0.2, 0.25) is 5.91 Å². The number of hydrazine groups is 1. The summed E-state index contributed by atoms with van der Waals surface area (Å²) < 4.78 is 0. The molecule has 7 heteroatoms. The normalized spacial score (nSPS) is 10.9. The van der Waals surface area contributed by atoms with Gasteiger partial charge >= 0.3 is 0 Å². The minimum Gasteiger partial charge on any atom is -0.352 e. The maximum atomic E-state index is 11.9. The number of nitrogen functional groups attached to an aromatic ring is 1. The quantitative estimate of drug-likeness (QED) is 0.538. The molecule has 21 heavy (non-hydrogen) atoms. The van der Waals surface area contributed by atoms with Gasteiger partial charge in [-0.25, -0.2) is 15.8 Å². The first-order chi connectivity index (χ1) is 9.76. The summed E-state index contributed by atoms with van der Waals surface area (Å²) in [6.07, 6.45) is 0. The van der Waals surface area contributed by atoms with Crippen LogP contribution in [0, 0.1) is 6.92 Å². The van der Waals surface area contributed by atoms with Gasteiger partial charge in [-0.05, 0) is 20.8 Å². The summed E-state index contributed by atoms with van der Waals surface area (Å²) in [5.74, 6) is 7.64. The largest absolute Gasteiger partial charge is 0.352 e. The second kappa shape index (κ2) is 7.21. The lowest BCUT2D eigenvalue weighted by molar-refractivity contribution is -0.120. The van der Waals surface area contributed by atoms with Crippen LogP contribution in [0.4, 0.5) is 11.6 Å². The second-order valence-corrected chi connectivity index (χ2v) is 5.76. The van der Waals surface area contributed by atoms with Gasteiger partial charge in [-0.15, -0.1) is 0 Å². The zero-order chi connectivity index (χ0) is 16.2. The minimum absolute atomic E-state index is 0.0427. The van der Waals surface area contributed by atoms with Crippen LogP contribution in [-0.4, -0.2) is 35.5 Å². The summed E-state index contributed by atoms with van der Waals surface area (Å²) in [7, 11) is 1.83. The minimum atomic E-state index is -0.0427. The lowest BCUT2D eigenvalue weighted by atomic mass is 10.2. The number of amides is 1. The first-order valence-electron chi connectivity index (χ1n) is 7.11. The molecule has 0 bridgehead atoms. The van der Waals surface area contributed by atoms with Crippen LogP contribution in [0.2, 0.25) is 0 Å². The number of likely N-dealkylation sites (N-methyl/N-ethyl adjacent to an activating group) is 1. The molecule has 0 aliphatic rings. The molecule has 7 nitrogen and oxygen atoms in total. The van der Waals surface area contributed by atoms with Gasteiger partial charge in [0.05, 0.1) is 6.54 Å². The Morgan fingerprint density at radius 1 is 1.29 bits per heavy atom. The third-order valence-corrected chi connectivity index (χ3v) is 2.98. The summed E-state index contributed by atoms with van der Waals surface area (Å²) in [4.78, 5) is 22.6. The van der Waals surface area contributed by atoms with E-state index in [-0.39, 0.29) is 24.4 Å². The number of nitrogens with one attached hydrogen (secondary N) is 2. The highest BCUT2D eigenvalue weighted by Crippen LogP contribution is 2.24. The number of anilines is 2. The van der Waals surface area contributed by atoms with Gasteiger partial charge in [0, 0.05) is 24.6 Å². The van der Waals surface area contributed by atoms with Crippen LogP contribution in [0.1, 0.15) is 45.0 Å². The zero-order valence-electron chi connectivity index (χ0n) is 13.7. The number of carbonyl (C=O) groups is 1. The van der Waals surface area contributed by atoms with Crippen molar-refractivity contribution in [1.82, 2.24) is 15.3 Å². The van der Waals surface area contributed by atoms with Crippen LogP contribution in [0.3, 0.4) is 0 Å². The molecule has 1 aromatic heterocycles. The van der Waals surface area contributed by atoms with Gasteiger partial charge in [0.25, 0.3) is 0 Å². The van der Waals surface area contributed by atoms with E-state index in [1.165, 1.54) is 0 Å². The fraction of sp³-hybridized carbons (Fsp3) is 0.643. The average Bonchev–Trinajstić information content (AvgIpc) is 2.37. The molecule has 0 aromatic carbocycles. The van der Waals surface area contributed by atoms with Gasteiger partial charge in [0.15, 0.2) is 0 Å². The van der Waals surface area contributed by atoms with Crippen molar-refractivity contribution in [2.45, 2.75) is 46.6 Å². The van der Waals surface area contributed by atoms with Crippen molar-refractivity contribution in [1.29, 1.82) is 0 Å². The van der Waals surface area contributed by atoms with Crippen LogP contribution in [0.5, 0.6) is 0 Å². The predicted molar refractivity (Wildman–Crippen MR) is 85.2 cm³/mol. The van der Waals surface area contributed by atoms with Gasteiger partial charge < -0.3 is 15.6 Å². The van der Waals surface area contributed by atoms with E-state index in [4.69, 9.17) is 5.84 Å². The second-order valence-electron chi connectivity index (χ2n) is 5.76. The van der Waals surface area contributed by atoms with Crippen molar-refractivity contribution in [3.8, 4) is 0 Å². The molecular weight excluding hydrogens is 268 g/mol. The molecule has 118 valence electrons. The molecule has 0 saturated heterocycles. The fourth-order valence-electron chi connectivity index (χ4n) is 1.95. The van der Waals surface area contributed by atoms with E-state index in [1.807, 2.05) is 41.7 Å². The van der Waals surface area contributed by atoms with Crippen molar-refractivity contribution >= 4 is 17.5 Å². The Bertz CT molecular complexity index is 500. The number of rotatable bonds is 6. The molecule has 0 radical (unpaired) electrons. The summed E-state index contributed by atoms with van der Waals surface area (Å²) in [5, 5.41) is 2.86. The highest BCUT2D eigenvalue weighted by atomic mass is 16.2. The number of aromatic nitrogens is 2. The first-order valence-corrected chi connectivity index (χ1v) is 7.11. The van der Waals surface area contributed by atoms with E-state index < -0.39 is 0 Å². The van der Waals surface area contributed by atoms with E-state index in [0.717, 1.165) is 5.56 Å². The number of carbonyl (C=O) groups excluding carboxylic acids is 1. The molecule has 1 rings (SSSR count). The highest BCUT2D eigenvalue weighted by molar-refractivity contribution is 5.81. The number of nitrogens with zero attached hydrogens (tertiary/aromatic N) is 3. The Morgan fingerprint density at radius 2 is 1.90 bits per heavy atom. The Labute approximate surface area is 126 Å². The SMILES string of the molecule is Cc1c(NN)nc(C(C)C)nc1N(C)CC(=O)NC(C)C. The molecule has 0 unspecified atom stereocenters. The van der Waals surface area contributed by atoms with E-state index in [9.17, 15) is 4.79 Å². The monoisotopic (exact) mass is 294 g/mol. The molecule has 0 saturated carbocycles. The Hall–Kier alpha value is -1.89. The van der Waals surface area contributed by atoms with Crippen LogP contribution >= 0.6 is 0 Å². The molecule has 0 spiro atoms. The third-order valence-electron chi connectivity index (χ3n) is 2.98. The van der Waals surface area contributed by atoms with Crippen molar-refractivity contribution in [2.75, 3.05) is 23.9 Å². The Balaban J connectivity index is 3.04. The van der Waals surface area contributed by atoms with Crippen molar-refractivity contribution < 1.29 is 4.79 Å². The van der Waals surface area contributed by atoms with E-state index in [1.54, 1.807) is 4.90 Å². The van der Waals surface area contributed by atoms with Crippen LogP contribution in [-0.2, 0) is 4.79 Å². The number of hydrogen-bond donors (Lipinski definition) is 3. The smallest absolute Gasteiger partial charge is 0.239 e. The van der Waals surface area contributed by atoms with E-state index in [2.05, 4.69) is 20.7 Å². The average molecular weight is 294 g/mol. The van der Waals surface area contributed by atoms with Crippen molar-refractivity contribution in [3.63, 3.8) is 0 Å². The van der Waals surface area contributed by atoms with Crippen LogP contribution in [0.25, 0.3) is 0 Å². The van der Waals surface area contributed by atoms with Gasteiger partial charge in [-0.2, -0.15) is 0 Å². The summed E-state index contributed by atoms with van der Waals surface area (Å²) in [5.41, 5.74) is 3.41. The molecule has 0 atom stereocenters. The number of nitrogens with two attached hydrogens (primary N) is 1. The lowest BCUT2D eigenvalue weighted by Gasteiger charge is -2.22. The summed E-state index contributed by atoms with van der Waals surface area (Å²) in [6.45, 7) is 10.0. The zero-order valence-corrected chi connectivity index (χ0v) is 13.7. The van der Waals surface area contributed by atoms with E-state index in [0.29, 0.717) is 17.5 Å². The molecule has 0 aliphatic carbocycles. The predicted octanol–water partition coefficient (Wildman–Crippen LogP) is 1.15. The maximum absolute atomic E-state index is 11.9. The standard InChI is InChI=1S/C14H26N6O/c1-8(2)12-17-13(19-15)10(5)14(18-12)20(6)7-11(21)16-9(3)4/h8-9H,7,15H2,1-6H3,(H,16,21)(H,17,18,19). The van der Waals surface area contributed by atoms with Gasteiger partial charge in [-0.1, -0.05) is 13.8 Å². The van der Waals surface area contributed by atoms with Crippen LogP contribution < -0.4 is 21.5 Å². The van der Waals surface area contributed by atoms with Crippen molar-refractivity contribution in [2.24, 2.45) is 5.84 Å². The molecule has 0 aliphatic heterocycles. The summed E-state index contributed by atoms with van der Waals surface area (Å²) in [6, 6.07) is 0.116. The molecule has 4 N–H and O–H groups in total. The van der Waals surface area contributed by atoms with E-state index >= 15 is 0 Å². The topological polar surface area (TPSA) is 96.2 Å².